The van der Waals surface area contributed by atoms with Gasteiger partial charge in [-0.25, -0.2) is 4.79 Å². The van der Waals surface area contributed by atoms with E-state index in [1.165, 1.54) is 13.0 Å². The number of esters is 1. The van der Waals surface area contributed by atoms with Gasteiger partial charge in [-0.2, -0.15) is 0 Å². The summed E-state index contributed by atoms with van der Waals surface area (Å²) in [6.45, 7) is 3.32. The lowest BCUT2D eigenvalue weighted by Gasteiger charge is -2.19. The lowest BCUT2D eigenvalue weighted by Crippen LogP contribution is -2.42. The standard InChI is InChI=1S/C13H12INO5S/c1-3-19-12(17)7(2)15-11(16)9(21-13(15)18)6-8-4-5-10(14)20-8/h4-7H,3H2,1-2H3/b9-6+/t7-/m0/s1. The first-order chi connectivity index (χ1) is 9.93. The summed E-state index contributed by atoms with van der Waals surface area (Å²) in [5.41, 5.74) is 0. The first-order valence-electron chi connectivity index (χ1n) is 6.13. The number of carbonyl (C=O) groups is 3. The number of hydrogen-bond donors (Lipinski definition) is 0. The second-order valence-corrected chi connectivity index (χ2v) is 6.18. The van der Waals surface area contributed by atoms with Gasteiger partial charge >= 0.3 is 5.97 Å². The minimum absolute atomic E-state index is 0.195. The summed E-state index contributed by atoms with van der Waals surface area (Å²) in [4.78, 5) is 37.0. The summed E-state index contributed by atoms with van der Waals surface area (Å²) in [7, 11) is 0. The van der Waals surface area contributed by atoms with E-state index in [2.05, 4.69) is 0 Å². The van der Waals surface area contributed by atoms with E-state index in [1.807, 2.05) is 22.6 Å². The van der Waals surface area contributed by atoms with Crippen LogP contribution in [-0.4, -0.2) is 34.7 Å². The zero-order chi connectivity index (χ0) is 15.6. The molecule has 2 amide bonds. The van der Waals surface area contributed by atoms with Crippen LogP contribution in [0.15, 0.2) is 21.5 Å². The molecule has 0 radical (unpaired) electrons. The smallest absolute Gasteiger partial charge is 0.329 e. The van der Waals surface area contributed by atoms with Crippen LogP contribution in [-0.2, 0) is 14.3 Å². The Labute approximate surface area is 139 Å². The number of furan rings is 1. The molecule has 2 heterocycles. The van der Waals surface area contributed by atoms with Crippen molar-refractivity contribution in [2.24, 2.45) is 0 Å². The summed E-state index contributed by atoms with van der Waals surface area (Å²) in [6.07, 6.45) is 1.49. The van der Waals surface area contributed by atoms with Crippen LogP contribution >= 0.6 is 34.4 Å². The van der Waals surface area contributed by atoms with Gasteiger partial charge in [0.05, 0.1) is 11.5 Å². The lowest BCUT2D eigenvalue weighted by atomic mass is 10.3. The van der Waals surface area contributed by atoms with Crippen molar-refractivity contribution in [2.45, 2.75) is 19.9 Å². The van der Waals surface area contributed by atoms with Crippen LogP contribution < -0.4 is 0 Å². The number of thioether (sulfide) groups is 1. The first-order valence-corrected chi connectivity index (χ1v) is 8.02. The van der Waals surface area contributed by atoms with Gasteiger partial charge in [0, 0.05) is 6.08 Å². The summed E-state index contributed by atoms with van der Waals surface area (Å²) < 4.78 is 10.8. The number of rotatable bonds is 4. The van der Waals surface area contributed by atoms with E-state index in [-0.39, 0.29) is 11.5 Å². The minimum Gasteiger partial charge on any atom is -0.464 e. The topological polar surface area (TPSA) is 76.8 Å². The van der Waals surface area contributed by atoms with Crippen molar-refractivity contribution >= 4 is 57.5 Å². The van der Waals surface area contributed by atoms with Gasteiger partial charge in [0.1, 0.15) is 11.8 Å². The predicted molar refractivity (Wildman–Crippen MR) is 85.3 cm³/mol. The largest absolute Gasteiger partial charge is 0.464 e. The van der Waals surface area contributed by atoms with Gasteiger partial charge in [0.25, 0.3) is 11.1 Å². The zero-order valence-electron chi connectivity index (χ0n) is 11.3. The Morgan fingerprint density at radius 3 is 2.81 bits per heavy atom. The molecule has 21 heavy (non-hydrogen) atoms. The molecular formula is C13H12INO5S. The molecule has 0 aromatic carbocycles. The number of ether oxygens (including phenoxy) is 1. The van der Waals surface area contributed by atoms with Gasteiger partial charge in [-0.05, 0) is 60.3 Å². The van der Waals surface area contributed by atoms with E-state index in [1.54, 1.807) is 19.1 Å². The molecule has 1 atom stereocenters. The maximum absolute atomic E-state index is 12.2. The summed E-state index contributed by atoms with van der Waals surface area (Å²) >= 11 is 2.78. The number of carbonyl (C=O) groups excluding carboxylic acids is 3. The number of amides is 2. The Morgan fingerprint density at radius 1 is 1.52 bits per heavy atom. The summed E-state index contributed by atoms with van der Waals surface area (Å²) in [5.74, 6) is -0.640. The molecule has 1 fully saturated rings. The number of hydrogen-bond acceptors (Lipinski definition) is 6. The summed E-state index contributed by atoms with van der Waals surface area (Å²) in [6, 6.07) is 2.50. The van der Waals surface area contributed by atoms with Gasteiger partial charge in [0.2, 0.25) is 0 Å². The quantitative estimate of drug-likeness (QED) is 0.423. The molecule has 1 aliphatic heterocycles. The predicted octanol–water partition coefficient (Wildman–Crippen LogP) is 2.87. The van der Waals surface area contributed by atoms with Crippen LogP contribution in [0.4, 0.5) is 4.79 Å². The van der Waals surface area contributed by atoms with Crippen LogP contribution in [0.1, 0.15) is 19.6 Å². The Kier molecular flexibility index (Phi) is 5.09. The molecule has 0 aliphatic carbocycles. The maximum atomic E-state index is 12.2. The van der Waals surface area contributed by atoms with Gasteiger partial charge in [-0.3, -0.25) is 14.5 Å². The molecule has 8 heteroatoms. The van der Waals surface area contributed by atoms with Crippen molar-refractivity contribution in [1.82, 2.24) is 4.90 Å². The van der Waals surface area contributed by atoms with Gasteiger partial charge in [0.15, 0.2) is 3.77 Å². The highest BCUT2D eigenvalue weighted by Crippen LogP contribution is 2.34. The summed E-state index contributed by atoms with van der Waals surface area (Å²) in [5, 5.41) is -0.493. The van der Waals surface area contributed by atoms with Crippen LogP contribution in [0, 0.1) is 3.77 Å². The molecule has 6 nitrogen and oxygen atoms in total. The Balaban J connectivity index is 2.20. The highest BCUT2D eigenvalue weighted by Gasteiger charge is 2.41. The molecule has 0 spiro atoms. The fourth-order valence-corrected chi connectivity index (χ4v) is 3.04. The van der Waals surface area contributed by atoms with Crippen LogP contribution in [0.25, 0.3) is 6.08 Å². The van der Waals surface area contributed by atoms with Crippen molar-refractivity contribution < 1.29 is 23.5 Å². The first kappa shape index (κ1) is 16.1. The molecule has 0 bridgehead atoms. The fourth-order valence-electron chi connectivity index (χ4n) is 1.72. The third-order valence-electron chi connectivity index (χ3n) is 2.71. The van der Waals surface area contributed by atoms with Crippen LogP contribution in [0.2, 0.25) is 0 Å². The molecule has 0 unspecified atom stereocenters. The molecule has 1 aliphatic rings. The van der Waals surface area contributed by atoms with E-state index >= 15 is 0 Å². The van der Waals surface area contributed by atoms with Gasteiger partial charge in [-0.1, -0.05) is 0 Å². The Hall–Kier alpha value is -1.29. The number of nitrogens with zero attached hydrogens (tertiary/aromatic N) is 1. The monoisotopic (exact) mass is 421 g/mol. The lowest BCUT2D eigenvalue weighted by molar-refractivity contribution is -0.150. The number of imide groups is 1. The fraction of sp³-hybridized carbons (Fsp3) is 0.308. The van der Waals surface area contributed by atoms with E-state index in [0.29, 0.717) is 9.53 Å². The van der Waals surface area contributed by atoms with Crippen LogP contribution in [0.5, 0.6) is 0 Å². The highest BCUT2D eigenvalue weighted by molar-refractivity contribution is 14.1. The molecule has 2 rings (SSSR count). The zero-order valence-corrected chi connectivity index (χ0v) is 14.3. The number of halogens is 1. The molecule has 112 valence electrons. The minimum atomic E-state index is -0.944. The van der Waals surface area contributed by atoms with Crippen molar-refractivity contribution in [3.05, 3.63) is 26.6 Å². The van der Waals surface area contributed by atoms with E-state index in [9.17, 15) is 14.4 Å². The third kappa shape index (κ3) is 3.49. The SMILES string of the molecule is CCOC(=O)[C@H](C)N1C(=O)S/C(=C/c2ccc(I)o2)C1=O. The van der Waals surface area contributed by atoms with Crippen molar-refractivity contribution in [2.75, 3.05) is 6.61 Å². The van der Waals surface area contributed by atoms with Gasteiger partial charge in [-0.15, -0.1) is 0 Å². The second-order valence-electron chi connectivity index (χ2n) is 4.12. The van der Waals surface area contributed by atoms with Crippen molar-refractivity contribution in [3.8, 4) is 0 Å². The molecule has 1 saturated heterocycles. The van der Waals surface area contributed by atoms with Crippen molar-refractivity contribution in [1.29, 1.82) is 0 Å². The van der Waals surface area contributed by atoms with Crippen molar-refractivity contribution in [3.63, 3.8) is 0 Å². The highest BCUT2D eigenvalue weighted by atomic mass is 127. The average Bonchev–Trinajstić information content (AvgIpc) is 2.94. The van der Waals surface area contributed by atoms with E-state index in [0.717, 1.165) is 16.7 Å². The second kappa shape index (κ2) is 6.65. The van der Waals surface area contributed by atoms with Crippen LogP contribution in [0.3, 0.4) is 0 Å². The van der Waals surface area contributed by atoms with E-state index < -0.39 is 23.2 Å². The van der Waals surface area contributed by atoms with E-state index in [4.69, 9.17) is 9.15 Å². The molecule has 1 aromatic heterocycles. The Bertz CT molecular complexity index is 624. The third-order valence-corrected chi connectivity index (χ3v) is 4.17. The Morgan fingerprint density at radius 2 is 2.24 bits per heavy atom. The molecule has 1 aromatic rings. The molecule has 0 saturated carbocycles. The molecular weight excluding hydrogens is 409 g/mol. The molecule has 0 N–H and O–H groups in total. The average molecular weight is 421 g/mol. The normalized spacial score (nSPS) is 18.4. The van der Waals surface area contributed by atoms with Gasteiger partial charge < -0.3 is 9.15 Å². The maximum Gasteiger partial charge on any atom is 0.329 e.